The number of aliphatic carboxylic acids is 1. The molecular formula is C23H31FO3. The van der Waals surface area contributed by atoms with Crippen LogP contribution in [-0.4, -0.2) is 16.9 Å². The summed E-state index contributed by atoms with van der Waals surface area (Å²) in [6, 6.07) is 0. The second kappa shape index (κ2) is 6.28. The molecule has 0 aromatic rings. The minimum absolute atomic E-state index is 0.0800. The van der Waals surface area contributed by atoms with Crippen molar-refractivity contribution in [3.05, 3.63) is 23.0 Å². The molecule has 0 aromatic carbocycles. The number of allylic oxidation sites excluding steroid dienone is 2. The van der Waals surface area contributed by atoms with Crippen LogP contribution in [0.1, 0.15) is 72.1 Å². The topological polar surface area (TPSA) is 54.4 Å². The van der Waals surface area contributed by atoms with Gasteiger partial charge in [0.05, 0.1) is 0 Å². The van der Waals surface area contributed by atoms with Crippen LogP contribution >= 0.6 is 0 Å². The average Bonchev–Trinajstić information content (AvgIpc) is 2.98. The molecule has 0 saturated heterocycles. The number of ketones is 1. The quantitative estimate of drug-likeness (QED) is 0.653. The molecule has 27 heavy (non-hydrogen) atoms. The van der Waals surface area contributed by atoms with Gasteiger partial charge in [-0.1, -0.05) is 26.3 Å². The molecule has 3 nitrogen and oxygen atoms in total. The fourth-order valence-electron chi connectivity index (χ4n) is 7.47. The van der Waals surface area contributed by atoms with E-state index in [1.165, 1.54) is 5.57 Å². The lowest BCUT2D eigenvalue weighted by Crippen LogP contribution is -2.52. The molecule has 0 heterocycles. The van der Waals surface area contributed by atoms with Crippen molar-refractivity contribution in [3.63, 3.8) is 0 Å². The van der Waals surface area contributed by atoms with E-state index in [9.17, 15) is 19.1 Å². The van der Waals surface area contributed by atoms with E-state index >= 15 is 0 Å². The zero-order chi connectivity index (χ0) is 19.6. The molecule has 3 saturated carbocycles. The van der Waals surface area contributed by atoms with Crippen LogP contribution < -0.4 is 0 Å². The molecule has 0 amide bonds. The number of hydrogen-bond donors (Lipinski definition) is 1. The summed E-state index contributed by atoms with van der Waals surface area (Å²) in [4.78, 5) is 23.4. The largest absolute Gasteiger partial charge is 0.476 e. The molecule has 0 spiro atoms. The molecule has 1 unspecified atom stereocenters. The van der Waals surface area contributed by atoms with Crippen molar-refractivity contribution in [1.29, 1.82) is 0 Å². The highest BCUT2D eigenvalue weighted by Gasteiger charge is 2.59. The second-order valence-electron chi connectivity index (χ2n) is 9.79. The Hall–Kier alpha value is -1.45. The van der Waals surface area contributed by atoms with Crippen molar-refractivity contribution in [3.8, 4) is 0 Å². The number of hydrogen-bond acceptors (Lipinski definition) is 2. The van der Waals surface area contributed by atoms with Gasteiger partial charge >= 0.3 is 5.97 Å². The maximum absolute atomic E-state index is 14.4. The Morgan fingerprint density at radius 1 is 1.19 bits per heavy atom. The maximum Gasteiger partial charge on any atom is 0.364 e. The number of carbonyl (C=O) groups excluding carboxylic acids is 1. The lowest BCUT2D eigenvalue weighted by molar-refractivity contribution is -0.134. The van der Waals surface area contributed by atoms with E-state index in [0.717, 1.165) is 38.5 Å². The first kappa shape index (κ1) is 18.9. The minimum Gasteiger partial charge on any atom is -0.476 e. The van der Waals surface area contributed by atoms with Crippen LogP contribution in [0.5, 0.6) is 0 Å². The second-order valence-corrected chi connectivity index (χ2v) is 9.79. The van der Waals surface area contributed by atoms with Crippen LogP contribution in [0.15, 0.2) is 23.0 Å². The van der Waals surface area contributed by atoms with E-state index in [0.29, 0.717) is 42.1 Å². The van der Waals surface area contributed by atoms with Crippen molar-refractivity contribution < 1.29 is 19.1 Å². The van der Waals surface area contributed by atoms with Gasteiger partial charge in [-0.25, -0.2) is 4.79 Å². The molecule has 0 aliphatic heterocycles. The molecule has 0 radical (unpaired) electrons. The van der Waals surface area contributed by atoms with Crippen LogP contribution in [0.25, 0.3) is 0 Å². The van der Waals surface area contributed by atoms with E-state index in [2.05, 4.69) is 20.8 Å². The summed E-state index contributed by atoms with van der Waals surface area (Å²) in [7, 11) is 0. The fraction of sp³-hybridized carbons (Fsp3) is 0.739. The van der Waals surface area contributed by atoms with Gasteiger partial charge in [0.25, 0.3) is 0 Å². The van der Waals surface area contributed by atoms with Crippen LogP contribution in [-0.2, 0) is 9.59 Å². The molecule has 4 heteroatoms. The Bertz CT molecular complexity index is 751. The Kier molecular flexibility index (Phi) is 4.40. The number of fused-ring (bicyclic) bond motifs is 5. The third-order valence-electron chi connectivity index (χ3n) is 8.85. The van der Waals surface area contributed by atoms with Gasteiger partial charge in [0.15, 0.2) is 5.78 Å². The molecule has 148 valence electrons. The molecule has 4 rings (SSSR count). The summed E-state index contributed by atoms with van der Waals surface area (Å²) in [6.45, 7) is 6.67. The van der Waals surface area contributed by atoms with Crippen LogP contribution in [0.4, 0.5) is 4.39 Å². The van der Waals surface area contributed by atoms with Gasteiger partial charge < -0.3 is 5.11 Å². The van der Waals surface area contributed by atoms with Crippen LogP contribution in [0.3, 0.4) is 0 Å². The summed E-state index contributed by atoms with van der Waals surface area (Å²) in [6.07, 6.45) is 8.98. The van der Waals surface area contributed by atoms with Crippen molar-refractivity contribution in [2.75, 3.05) is 0 Å². The number of rotatable bonds is 2. The maximum atomic E-state index is 14.4. The number of carboxylic acids is 1. The third kappa shape index (κ3) is 2.58. The highest BCUT2D eigenvalue weighted by atomic mass is 19.1. The standard InChI is InChI=1S/C23H31FO3/c1-4-13-11-15-16-5-6-18(20(24)21(26)27)22(16,2)10-8-17(15)23(3)9-7-14(25)12-19(13)23/h12-13,15-17H,4-11H2,1-3H3,(H,26,27)/t13?,15-,16-,17-,22-,23+/m0/s1. The van der Waals surface area contributed by atoms with Gasteiger partial charge in [-0.3, -0.25) is 4.79 Å². The molecule has 0 bridgehead atoms. The lowest BCUT2D eigenvalue weighted by atomic mass is 9.45. The predicted octanol–water partition coefficient (Wildman–Crippen LogP) is 5.46. The zero-order valence-corrected chi connectivity index (χ0v) is 16.7. The zero-order valence-electron chi connectivity index (χ0n) is 16.7. The van der Waals surface area contributed by atoms with Gasteiger partial charge in [0.1, 0.15) is 0 Å². The van der Waals surface area contributed by atoms with Crippen LogP contribution in [0.2, 0.25) is 0 Å². The Morgan fingerprint density at radius 2 is 1.89 bits per heavy atom. The van der Waals surface area contributed by atoms with E-state index in [-0.39, 0.29) is 16.6 Å². The van der Waals surface area contributed by atoms with E-state index in [1.807, 2.05) is 6.08 Å². The minimum atomic E-state index is -1.41. The normalized spacial score (nSPS) is 45.5. The average molecular weight is 374 g/mol. The third-order valence-corrected chi connectivity index (χ3v) is 8.85. The fourth-order valence-corrected chi connectivity index (χ4v) is 7.47. The van der Waals surface area contributed by atoms with Gasteiger partial charge in [0, 0.05) is 6.42 Å². The highest BCUT2D eigenvalue weighted by Crippen LogP contribution is 2.68. The van der Waals surface area contributed by atoms with Crippen molar-refractivity contribution in [1.82, 2.24) is 0 Å². The monoisotopic (exact) mass is 374 g/mol. The summed E-state index contributed by atoms with van der Waals surface area (Å²) < 4.78 is 14.4. The smallest absolute Gasteiger partial charge is 0.364 e. The SMILES string of the molecule is CCC1C[C@@H]2[C@H](CC[C@]3(C)C(=C(F)C(=O)O)CC[C@@H]23)[C@@]2(C)CCC(=O)C=C12. The van der Waals surface area contributed by atoms with Gasteiger partial charge in [-0.15, -0.1) is 0 Å². The van der Waals surface area contributed by atoms with Gasteiger partial charge in [0.2, 0.25) is 5.83 Å². The number of carbonyl (C=O) groups is 2. The first-order valence-corrected chi connectivity index (χ1v) is 10.6. The summed E-state index contributed by atoms with van der Waals surface area (Å²) in [5.74, 6) is -0.215. The van der Waals surface area contributed by atoms with Crippen molar-refractivity contribution in [2.45, 2.75) is 72.1 Å². The Labute approximate surface area is 161 Å². The molecule has 3 fully saturated rings. The molecular weight excluding hydrogens is 343 g/mol. The number of carboxylic acid groups (broad SMARTS) is 1. The Morgan fingerprint density at radius 3 is 2.56 bits per heavy atom. The predicted molar refractivity (Wildman–Crippen MR) is 102 cm³/mol. The van der Waals surface area contributed by atoms with E-state index in [1.54, 1.807) is 0 Å². The van der Waals surface area contributed by atoms with Crippen molar-refractivity contribution >= 4 is 11.8 Å². The molecule has 1 N–H and O–H groups in total. The molecule has 4 aliphatic rings. The molecule has 0 aromatic heterocycles. The summed E-state index contributed by atoms with van der Waals surface area (Å²) in [5, 5.41) is 9.21. The first-order valence-electron chi connectivity index (χ1n) is 10.6. The molecule has 4 aliphatic carbocycles. The summed E-state index contributed by atoms with van der Waals surface area (Å²) >= 11 is 0. The lowest BCUT2D eigenvalue weighted by Gasteiger charge is -2.59. The molecule has 6 atom stereocenters. The van der Waals surface area contributed by atoms with Crippen molar-refractivity contribution in [2.24, 2.45) is 34.5 Å². The van der Waals surface area contributed by atoms with Gasteiger partial charge in [-0.2, -0.15) is 4.39 Å². The van der Waals surface area contributed by atoms with Gasteiger partial charge in [-0.05, 0) is 91.1 Å². The van der Waals surface area contributed by atoms with E-state index < -0.39 is 11.8 Å². The summed E-state index contributed by atoms with van der Waals surface area (Å²) in [5.41, 5.74) is 1.69. The van der Waals surface area contributed by atoms with E-state index in [4.69, 9.17) is 0 Å². The first-order chi connectivity index (χ1) is 12.7. The highest BCUT2D eigenvalue weighted by molar-refractivity contribution is 5.91. The Balaban J connectivity index is 1.74. The van der Waals surface area contributed by atoms with Crippen LogP contribution in [0, 0.1) is 34.5 Å². The number of halogens is 1.